The van der Waals surface area contributed by atoms with Crippen LogP contribution in [0.25, 0.3) is 11.0 Å². The second-order valence-electron chi connectivity index (χ2n) is 7.59. The van der Waals surface area contributed by atoms with Crippen LogP contribution in [0.2, 0.25) is 0 Å². The molecule has 1 fully saturated rings. The van der Waals surface area contributed by atoms with E-state index >= 15 is 0 Å². The molecule has 2 heterocycles. The monoisotopic (exact) mass is 369 g/mol. The van der Waals surface area contributed by atoms with Gasteiger partial charge < -0.3 is 21.6 Å². The number of hydrogen-bond donors (Lipinski definition) is 4. The van der Waals surface area contributed by atoms with Crippen LogP contribution in [0.3, 0.4) is 0 Å². The number of aromatic amines is 1. The van der Waals surface area contributed by atoms with E-state index in [1.807, 2.05) is 23.1 Å². The molecule has 2 aromatic rings. The second kappa shape index (κ2) is 6.84. The highest BCUT2D eigenvalue weighted by Gasteiger charge is 2.42. The third-order valence-corrected chi connectivity index (χ3v) is 5.42. The van der Waals surface area contributed by atoms with Crippen molar-refractivity contribution in [1.29, 1.82) is 0 Å². The Hall–Kier alpha value is -2.61. The van der Waals surface area contributed by atoms with E-state index in [1.54, 1.807) is 6.92 Å². The van der Waals surface area contributed by atoms with Gasteiger partial charge in [-0.3, -0.25) is 4.90 Å². The molecule has 1 atom stereocenters. The number of H-pyrrole nitrogens is 1. The highest BCUT2D eigenvalue weighted by atomic mass is 16.3. The van der Waals surface area contributed by atoms with Crippen LogP contribution in [-0.4, -0.2) is 38.8 Å². The molecule has 1 saturated carbocycles. The van der Waals surface area contributed by atoms with Gasteiger partial charge in [-0.15, -0.1) is 0 Å². The van der Waals surface area contributed by atoms with Gasteiger partial charge in [0.15, 0.2) is 0 Å². The minimum Gasteiger partial charge on any atom is -0.393 e. The van der Waals surface area contributed by atoms with Gasteiger partial charge in [0, 0.05) is 12.1 Å². The van der Waals surface area contributed by atoms with Gasteiger partial charge in [0.2, 0.25) is 11.9 Å². The van der Waals surface area contributed by atoms with E-state index in [1.165, 1.54) is 6.42 Å². The van der Waals surface area contributed by atoms with Gasteiger partial charge in [0.25, 0.3) is 0 Å². The van der Waals surface area contributed by atoms with Crippen LogP contribution in [0, 0.1) is 0 Å². The number of nitrogens with one attached hydrogen (secondary N) is 1. The zero-order valence-corrected chi connectivity index (χ0v) is 15.6. The van der Waals surface area contributed by atoms with E-state index in [4.69, 9.17) is 16.5 Å². The molecule has 1 aliphatic heterocycles. The summed E-state index contributed by atoms with van der Waals surface area (Å²) < 4.78 is 0. The topological polar surface area (TPSA) is 129 Å². The normalized spacial score (nSPS) is 20.6. The zero-order chi connectivity index (χ0) is 19.0. The molecule has 1 aromatic carbocycles. The molecule has 27 heavy (non-hydrogen) atoms. The number of aromatic nitrogens is 2. The molecule has 1 unspecified atom stereocenters. The second-order valence-corrected chi connectivity index (χ2v) is 7.59. The van der Waals surface area contributed by atoms with Gasteiger partial charge in [0.05, 0.1) is 17.1 Å². The fourth-order valence-electron chi connectivity index (χ4n) is 4.15. The highest BCUT2D eigenvalue weighted by molar-refractivity contribution is 6.06. The van der Waals surface area contributed by atoms with Crippen molar-refractivity contribution in [1.82, 2.24) is 9.97 Å². The first kappa shape index (κ1) is 17.8. The summed E-state index contributed by atoms with van der Waals surface area (Å²) in [7, 11) is 0. The molecule has 0 saturated heterocycles. The van der Waals surface area contributed by atoms with E-state index in [9.17, 15) is 5.11 Å². The predicted molar refractivity (Wildman–Crippen MR) is 108 cm³/mol. The number of aliphatic hydroxyl groups is 1. The summed E-state index contributed by atoms with van der Waals surface area (Å²) in [6.07, 6.45) is 6.25. The molecule has 4 rings (SSSR count). The lowest BCUT2D eigenvalue weighted by molar-refractivity contribution is 0.184. The van der Waals surface area contributed by atoms with Crippen LogP contribution in [-0.2, 0) is 6.42 Å². The maximum Gasteiger partial charge on any atom is 0.220 e. The molecule has 1 spiro atoms. The van der Waals surface area contributed by atoms with Gasteiger partial charge in [-0.2, -0.15) is 4.99 Å². The van der Waals surface area contributed by atoms with Crippen molar-refractivity contribution >= 4 is 28.6 Å². The molecule has 8 heteroatoms. The van der Waals surface area contributed by atoms with Crippen molar-refractivity contribution < 1.29 is 5.11 Å². The summed E-state index contributed by atoms with van der Waals surface area (Å²) in [6.45, 7) is 1.79. The van der Waals surface area contributed by atoms with Crippen molar-refractivity contribution in [3.8, 4) is 0 Å². The standard InChI is InChI=1S/C19H27N7O/c1-12(27)5-8-16-22-14-7-6-13(11-15(14)23-16)26-18(21)24-17(20)25-19(26)9-3-2-4-10-19/h6-7,11-12,27H,2-5,8-10H2,1H3,(H,22,23)(H4,20,21,24,25). The number of aliphatic imine (C=N–C) groups is 2. The summed E-state index contributed by atoms with van der Waals surface area (Å²) in [6, 6.07) is 6.04. The lowest BCUT2D eigenvalue weighted by Crippen LogP contribution is -2.58. The molecular formula is C19H27N7O. The summed E-state index contributed by atoms with van der Waals surface area (Å²) in [5.41, 5.74) is 14.6. The number of aryl methyl sites for hydroxylation is 1. The Morgan fingerprint density at radius 1 is 1.26 bits per heavy atom. The summed E-state index contributed by atoms with van der Waals surface area (Å²) in [5.74, 6) is 1.52. The summed E-state index contributed by atoms with van der Waals surface area (Å²) >= 11 is 0. The highest BCUT2D eigenvalue weighted by Crippen LogP contribution is 2.39. The van der Waals surface area contributed by atoms with Crippen LogP contribution in [0.1, 0.15) is 51.3 Å². The first-order chi connectivity index (χ1) is 13.0. The maximum absolute atomic E-state index is 9.50. The first-order valence-corrected chi connectivity index (χ1v) is 9.63. The molecule has 2 aliphatic rings. The minimum absolute atomic E-state index is 0.258. The number of benzene rings is 1. The summed E-state index contributed by atoms with van der Waals surface area (Å²) in [5, 5.41) is 9.50. The molecule has 1 aromatic heterocycles. The number of imidazole rings is 1. The Labute approximate surface area is 158 Å². The number of hydrogen-bond acceptors (Lipinski definition) is 7. The van der Waals surface area contributed by atoms with Gasteiger partial charge in [-0.1, -0.05) is 6.42 Å². The molecular weight excluding hydrogens is 342 g/mol. The zero-order valence-electron chi connectivity index (χ0n) is 15.6. The van der Waals surface area contributed by atoms with Crippen molar-refractivity contribution in [3.05, 3.63) is 24.0 Å². The van der Waals surface area contributed by atoms with Crippen molar-refractivity contribution in [2.24, 2.45) is 21.5 Å². The molecule has 0 amide bonds. The molecule has 1 aliphatic carbocycles. The summed E-state index contributed by atoms with van der Waals surface area (Å²) in [4.78, 5) is 18.9. The van der Waals surface area contributed by atoms with Gasteiger partial charge in [0.1, 0.15) is 11.5 Å². The Morgan fingerprint density at radius 3 is 2.78 bits per heavy atom. The SMILES string of the molecule is CC(O)CCc1nc2ccc(N3C(N)=NC(N)=NC34CCCCC4)cc2[nH]1. The number of guanidine groups is 2. The van der Waals surface area contributed by atoms with Crippen LogP contribution >= 0.6 is 0 Å². The van der Waals surface area contributed by atoms with E-state index in [2.05, 4.69) is 15.0 Å². The van der Waals surface area contributed by atoms with E-state index in [0.29, 0.717) is 18.8 Å². The Balaban J connectivity index is 1.70. The predicted octanol–water partition coefficient (Wildman–Crippen LogP) is 1.99. The van der Waals surface area contributed by atoms with Gasteiger partial charge >= 0.3 is 0 Å². The average molecular weight is 369 g/mol. The molecule has 8 nitrogen and oxygen atoms in total. The lowest BCUT2D eigenvalue weighted by atomic mass is 9.87. The fourth-order valence-corrected chi connectivity index (χ4v) is 4.15. The minimum atomic E-state index is -0.447. The first-order valence-electron chi connectivity index (χ1n) is 9.63. The van der Waals surface area contributed by atoms with Gasteiger partial charge in [-0.05, 0) is 57.2 Å². The van der Waals surface area contributed by atoms with E-state index in [0.717, 1.165) is 48.2 Å². The van der Waals surface area contributed by atoms with E-state index in [-0.39, 0.29) is 12.1 Å². The third-order valence-electron chi connectivity index (χ3n) is 5.42. The number of fused-ring (bicyclic) bond motifs is 1. The number of nitrogens with zero attached hydrogens (tertiary/aromatic N) is 4. The number of rotatable bonds is 4. The Kier molecular flexibility index (Phi) is 4.51. The maximum atomic E-state index is 9.50. The van der Waals surface area contributed by atoms with Crippen molar-refractivity contribution in [2.75, 3.05) is 4.90 Å². The smallest absolute Gasteiger partial charge is 0.220 e. The van der Waals surface area contributed by atoms with Crippen LogP contribution in [0.4, 0.5) is 5.69 Å². The van der Waals surface area contributed by atoms with Crippen LogP contribution < -0.4 is 16.4 Å². The van der Waals surface area contributed by atoms with E-state index < -0.39 is 5.66 Å². The fraction of sp³-hybridized carbons (Fsp3) is 0.526. The molecule has 6 N–H and O–H groups in total. The number of aliphatic hydroxyl groups excluding tert-OH is 1. The van der Waals surface area contributed by atoms with Crippen molar-refractivity contribution in [3.63, 3.8) is 0 Å². The molecule has 144 valence electrons. The van der Waals surface area contributed by atoms with Crippen molar-refractivity contribution in [2.45, 2.75) is 63.6 Å². The average Bonchev–Trinajstić information content (AvgIpc) is 3.02. The van der Waals surface area contributed by atoms with Crippen LogP contribution in [0.15, 0.2) is 28.2 Å². The largest absolute Gasteiger partial charge is 0.393 e. The van der Waals surface area contributed by atoms with Crippen LogP contribution in [0.5, 0.6) is 0 Å². The Bertz CT molecular complexity index is 893. The molecule has 0 radical (unpaired) electrons. The molecule has 0 bridgehead atoms. The number of anilines is 1. The quantitative estimate of drug-likeness (QED) is 0.655. The Morgan fingerprint density at radius 2 is 2.04 bits per heavy atom. The number of nitrogens with two attached hydrogens (primary N) is 2. The third kappa shape index (κ3) is 3.37. The van der Waals surface area contributed by atoms with Gasteiger partial charge in [-0.25, -0.2) is 9.98 Å². The lowest BCUT2D eigenvalue weighted by Gasteiger charge is -2.45.